The van der Waals surface area contributed by atoms with E-state index in [1.807, 2.05) is 0 Å². The van der Waals surface area contributed by atoms with Gasteiger partial charge < -0.3 is 5.32 Å². The highest BCUT2D eigenvalue weighted by Crippen LogP contribution is 2.25. The third-order valence-electron chi connectivity index (χ3n) is 4.96. The van der Waals surface area contributed by atoms with Gasteiger partial charge in [0.25, 0.3) is 0 Å². The van der Waals surface area contributed by atoms with Gasteiger partial charge in [0.15, 0.2) is 0 Å². The number of nitrogens with zero attached hydrogens (tertiary/aromatic N) is 1. The fourth-order valence-corrected chi connectivity index (χ4v) is 3.86. The van der Waals surface area contributed by atoms with Crippen LogP contribution in [0.15, 0.2) is 30.3 Å². The maximum Gasteiger partial charge on any atom is 0.0233 e. The zero-order chi connectivity index (χ0) is 13.6. The predicted molar refractivity (Wildman–Crippen MR) is 84.7 cm³/mol. The molecule has 1 aromatic carbocycles. The topological polar surface area (TPSA) is 15.3 Å². The van der Waals surface area contributed by atoms with Gasteiger partial charge in [-0.1, -0.05) is 43.2 Å². The van der Waals surface area contributed by atoms with Crippen LogP contribution in [0, 0.1) is 5.92 Å². The lowest BCUT2D eigenvalue weighted by Gasteiger charge is -2.37. The molecule has 2 fully saturated rings. The van der Waals surface area contributed by atoms with Crippen LogP contribution < -0.4 is 5.32 Å². The molecule has 0 aliphatic carbocycles. The summed E-state index contributed by atoms with van der Waals surface area (Å²) >= 11 is 0. The molecule has 20 heavy (non-hydrogen) atoms. The first kappa shape index (κ1) is 14.1. The Morgan fingerprint density at radius 2 is 1.90 bits per heavy atom. The molecule has 2 nitrogen and oxygen atoms in total. The van der Waals surface area contributed by atoms with Crippen molar-refractivity contribution in [2.24, 2.45) is 5.92 Å². The third-order valence-corrected chi connectivity index (χ3v) is 4.96. The number of nitrogens with one attached hydrogen (secondary N) is 1. The fourth-order valence-electron chi connectivity index (χ4n) is 3.86. The van der Waals surface area contributed by atoms with E-state index in [1.54, 1.807) is 0 Å². The Balaban J connectivity index is 1.55. The molecule has 1 N–H and O–H groups in total. The summed E-state index contributed by atoms with van der Waals surface area (Å²) in [5.41, 5.74) is 1.46. The van der Waals surface area contributed by atoms with Crippen molar-refractivity contribution in [2.75, 3.05) is 19.6 Å². The molecule has 0 aromatic heterocycles. The lowest BCUT2D eigenvalue weighted by Crippen LogP contribution is -2.45. The highest BCUT2D eigenvalue weighted by molar-refractivity contribution is 5.14. The molecule has 3 rings (SSSR count). The van der Waals surface area contributed by atoms with Gasteiger partial charge >= 0.3 is 0 Å². The van der Waals surface area contributed by atoms with Gasteiger partial charge in [0.2, 0.25) is 0 Å². The van der Waals surface area contributed by atoms with Gasteiger partial charge in [0.05, 0.1) is 0 Å². The zero-order valence-corrected chi connectivity index (χ0v) is 12.6. The molecule has 2 heterocycles. The highest BCUT2D eigenvalue weighted by atomic mass is 15.1. The lowest BCUT2D eigenvalue weighted by atomic mass is 9.88. The van der Waals surface area contributed by atoms with E-state index in [0.29, 0.717) is 0 Å². The van der Waals surface area contributed by atoms with E-state index in [1.165, 1.54) is 63.7 Å². The molecular formula is C18H28N2. The molecule has 0 amide bonds. The monoisotopic (exact) mass is 272 g/mol. The molecule has 1 aromatic rings. The molecule has 2 saturated heterocycles. The van der Waals surface area contributed by atoms with Gasteiger partial charge in [-0.05, 0) is 50.3 Å². The summed E-state index contributed by atoms with van der Waals surface area (Å²) in [7, 11) is 0. The summed E-state index contributed by atoms with van der Waals surface area (Å²) in [6.45, 7) is 4.93. The maximum absolute atomic E-state index is 3.81. The molecule has 2 aliphatic rings. The minimum atomic E-state index is 0.774. The second kappa shape index (κ2) is 7.24. The standard InChI is InChI=1S/C18H28N2/c1-3-8-16(9-4-1)14-20-13-7-10-17(15-20)18-11-5-2-6-12-19-18/h1,3-4,8-9,17-19H,2,5-7,10-15H2. The largest absolute Gasteiger partial charge is 0.314 e. The van der Waals surface area contributed by atoms with E-state index in [9.17, 15) is 0 Å². The summed E-state index contributed by atoms with van der Waals surface area (Å²) in [4.78, 5) is 2.66. The van der Waals surface area contributed by atoms with Crippen LogP contribution in [-0.4, -0.2) is 30.6 Å². The first-order chi connectivity index (χ1) is 9.92. The Kier molecular flexibility index (Phi) is 5.10. The quantitative estimate of drug-likeness (QED) is 0.907. The summed E-state index contributed by atoms with van der Waals surface area (Å²) in [6.07, 6.45) is 8.40. The number of piperidine rings is 1. The first-order valence-electron chi connectivity index (χ1n) is 8.41. The van der Waals surface area contributed by atoms with Crippen molar-refractivity contribution >= 4 is 0 Å². The molecule has 0 saturated carbocycles. The molecule has 2 unspecified atom stereocenters. The van der Waals surface area contributed by atoms with Gasteiger partial charge in [-0.25, -0.2) is 0 Å². The number of likely N-dealkylation sites (tertiary alicyclic amines) is 1. The minimum absolute atomic E-state index is 0.774. The average molecular weight is 272 g/mol. The number of rotatable bonds is 3. The molecule has 2 atom stereocenters. The van der Waals surface area contributed by atoms with Crippen molar-refractivity contribution in [2.45, 2.75) is 51.1 Å². The van der Waals surface area contributed by atoms with Crippen LogP contribution in [0.25, 0.3) is 0 Å². The molecule has 2 heteroatoms. The van der Waals surface area contributed by atoms with E-state index in [4.69, 9.17) is 0 Å². The number of hydrogen-bond acceptors (Lipinski definition) is 2. The van der Waals surface area contributed by atoms with Gasteiger partial charge in [0.1, 0.15) is 0 Å². The molecule has 0 spiro atoms. The van der Waals surface area contributed by atoms with Crippen molar-refractivity contribution in [3.8, 4) is 0 Å². The summed E-state index contributed by atoms with van der Waals surface area (Å²) < 4.78 is 0. The molecule has 110 valence electrons. The smallest absolute Gasteiger partial charge is 0.0233 e. The van der Waals surface area contributed by atoms with E-state index in [0.717, 1.165) is 18.5 Å². The van der Waals surface area contributed by atoms with E-state index >= 15 is 0 Å². The Morgan fingerprint density at radius 1 is 1.00 bits per heavy atom. The summed E-state index contributed by atoms with van der Waals surface area (Å²) in [5, 5.41) is 3.81. The molecule has 2 aliphatic heterocycles. The normalized spacial score (nSPS) is 29.0. The number of hydrogen-bond donors (Lipinski definition) is 1. The Labute approximate surface area is 123 Å². The number of benzene rings is 1. The van der Waals surface area contributed by atoms with Crippen molar-refractivity contribution in [1.82, 2.24) is 10.2 Å². The van der Waals surface area contributed by atoms with Crippen molar-refractivity contribution in [3.05, 3.63) is 35.9 Å². The molecule has 0 bridgehead atoms. The van der Waals surface area contributed by atoms with Crippen molar-refractivity contribution in [3.63, 3.8) is 0 Å². The third kappa shape index (κ3) is 3.83. The van der Waals surface area contributed by atoms with Gasteiger partial charge in [-0.2, -0.15) is 0 Å². The average Bonchev–Trinajstić information content (AvgIpc) is 2.78. The Morgan fingerprint density at radius 3 is 2.80 bits per heavy atom. The predicted octanol–water partition coefficient (Wildman–Crippen LogP) is 3.43. The van der Waals surface area contributed by atoms with E-state index < -0.39 is 0 Å². The van der Waals surface area contributed by atoms with Crippen LogP contribution in [0.2, 0.25) is 0 Å². The van der Waals surface area contributed by atoms with Crippen LogP contribution in [-0.2, 0) is 6.54 Å². The maximum atomic E-state index is 3.81. The summed E-state index contributed by atoms with van der Waals surface area (Å²) in [5.74, 6) is 0.866. The van der Waals surface area contributed by atoms with Crippen molar-refractivity contribution < 1.29 is 0 Å². The zero-order valence-electron chi connectivity index (χ0n) is 12.6. The highest BCUT2D eigenvalue weighted by Gasteiger charge is 2.27. The van der Waals surface area contributed by atoms with Crippen LogP contribution in [0.5, 0.6) is 0 Å². The Bertz CT molecular complexity index is 382. The van der Waals surface area contributed by atoms with Crippen LogP contribution in [0.4, 0.5) is 0 Å². The molecular weight excluding hydrogens is 244 g/mol. The minimum Gasteiger partial charge on any atom is -0.314 e. The van der Waals surface area contributed by atoms with Gasteiger partial charge in [-0.3, -0.25) is 4.90 Å². The second-order valence-corrected chi connectivity index (χ2v) is 6.53. The van der Waals surface area contributed by atoms with Crippen LogP contribution in [0.3, 0.4) is 0 Å². The fraction of sp³-hybridized carbons (Fsp3) is 0.667. The molecule has 0 radical (unpaired) electrons. The van der Waals surface area contributed by atoms with Crippen LogP contribution >= 0.6 is 0 Å². The van der Waals surface area contributed by atoms with Crippen LogP contribution in [0.1, 0.15) is 44.1 Å². The van der Waals surface area contributed by atoms with E-state index in [-0.39, 0.29) is 0 Å². The summed E-state index contributed by atoms with van der Waals surface area (Å²) in [6, 6.07) is 11.7. The first-order valence-corrected chi connectivity index (χ1v) is 8.41. The lowest BCUT2D eigenvalue weighted by molar-refractivity contribution is 0.138. The van der Waals surface area contributed by atoms with Gasteiger partial charge in [0, 0.05) is 19.1 Å². The van der Waals surface area contributed by atoms with Crippen molar-refractivity contribution in [1.29, 1.82) is 0 Å². The Hall–Kier alpha value is -0.860. The SMILES string of the molecule is c1ccc(CN2CCCC(C3CCCCCN3)C2)cc1. The second-order valence-electron chi connectivity index (χ2n) is 6.53. The van der Waals surface area contributed by atoms with E-state index in [2.05, 4.69) is 40.5 Å². The van der Waals surface area contributed by atoms with Gasteiger partial charge in [-0.15, -0.1) is 0 Å².